The Kier molecular flexibility index (Phi) is 4.73. The molecule has 2 aromatic carbocycles. The van der Waals surface area contributed by atoms with Gasteiger partial charge in [0.25, 0.3) is 15.0 Å². The van der Waals surface area contributed by atoms with Crippen molar-refractivity contribution in [2.24, 2.45) is 0 Å². The number of benzene rings is 2. The van der Waals surface area contributed by atoms with Gasteiger partial charge in [-0.3, -0.25) is 0 Å². The van der Waals surface area contributed by atoms with E-state index in [-0.39, 0.29) is 10.9 Å². The zero-order valence-corrected chi connectivity index (χ0v) is 16.6. The van der Waals surface area contributed by atoms with E-state index in [1.165, 1.54) is 0 Å². The molecular formula is C18H20NO2S3+. The lowest BCUT2D eigenvalue weighted by Gasteiger charge is -2.10. The second-order valence-electron chi connectivity index (χ2n) is 5.75. The molecule has 126 valence electrons. The monoisotopic (exact) mass is 378 g/mol. The summed E-state index contributed by atoms with van der Waals surface area (Å²) in [5, 5.41) is 1.88. The molecule has 0 saturated carbocycles. The quantitative estimate of drug-likeness (QED) is 0.506. The van der Waals surface area contributed by atoms with Gasteiger partial charge in [0, 0.05) is 16.3 Å². The number of hydrogen-bond acceptors (Lipinski definition) is 3. The highest BCUT2D eigenvalue weighted by Gasteiger charge is 2.33. The second kappa shape index (κ2) is 6.50. The highest BCUT2D eigenvalue weighted by atomic mass is 32.2. The molecule has 0 spiro atoms. The summed E-state index contributed by atoms with van der Waals surface area (Å²) in [7, 11) is -3.83. The average Bonchev–Trinajstić information content (AvgIpc) is 2.90. The third kappa shape index (κ3) is 2.76. The van der Waals surface area contributed by atoms with Crippen LogP contribution in [-0.4, -0.2) is 31.2 Å². The molecule has 3 nitrogen and oxygen atoms in total. The van der Waals surface area contributed by atoms with Gasteiger partial charge in [-0.05, 0) is 31.4 Å². The average molecular weight is 379 g/mol. The van der Waals surface area contributed by atoms with Crippen LogP contribution in [0.4, 0.5) is 0 Å². The van der Waals surface area contributed by atoms with Crippen LogP contribution in [0.25, 0.3) is 10.9 Å². The standard InChI is InChI=1S/C18H20NO2S3/c1-13-9-11-14(12-10-13)24(20,21)19-16-8-6-5-7-15(16)17(22-2)18(19)23(3)4/h5-12H,1-4H3/q+1. The fourth-order valence-electron chi connectivity index (χ4n) is 2.76. The molecule has 0 fully saturated rings. The van der Waals surface area contributed by atoms with Gasteiger partial charge >= 0.3 is 0 Å². The van der Waals surface area contributed by atoms with Gasteiger partial charge in [0.15, 0.2) is 0 Å². The van der Waals surface area contributed by atoms with Gasteiger partial charge in [-0.1, -0.05) is 35.9 Å². The van der Waals surface area contributed by atoms with Gasteiger partial charge in [-0.2, -0.15) is 3.97 Å². The lowest BCUT2D eigenvalue weighted by atomic mass is 10.2. The van der Waals surface area contributed by atoms with Crippen LogP contribution in [-0.2, 0) is 20.9 Å². The number of aromatic nitrogens is 1. The smallest absolute Gasteiger partial charge is 0.201 e. The van der Waals surface area contributed by atoms with Crippen LogP contribution in [0.2, 0.25) is 0 Å². The molecule has 0 aliphatic heterocycles. The van der Waals surface area contributed by atoms with E-state index >= 15 is 0 Å². The highest BCUT2D eigenvalue weighted by molar-refractivity contribution is 8.01. The molecule has 0 N–H and O–H groups in total. The van der Waals surface area contributed by atoms with Crippen LogP contribution in [0.5, 0.6) is 0 Å². The summed E-state index contributed by atoms with van der Waals surface area (Å²) in [6, 6.07) is 14.8. The van der Waals surface area contributed by atoms with Gasteiger partial charge < -0.3 is 0 Å². The molecule has 0 amide bonds. The maximum absolute atomic E-state index is 13.4. The zero-order chi connectivity index (χ0) is 17.5. The van der Waals surface area contributed by atoms with Crippen LogP contribution >= 0.6 is 11.8 Å². The Balaban J connectivity index is 2.40. The maximum atomic E-state index is 13.4. The molecule has 0 aliphatic rings. The van der Waals surface area contributed by atoms with Crippen LogP contribution in [0.15, 0.2) is 63.3 Å². The first-order chi connectivity index (χ1) is 11.4. The molecule has 3 aromatic rings. The van der Waals surface area contributed by atoms with E-state index in [0.29, 0.717) is 4.90 Å². The topological polar surface area (TPSA) is 39.1 Å². The molecule has 0 saturated heterocycles. The molecular weight excluding hydrogens is 358 g/mol. The lowest BCUT2D eigenvalue weighted by molar-refractivity contribution is 0.584. The van der Waals surface area contributed by atoms with E-state index in [0.717, 1.165) is 26.4 Å². The summed E-state index contributed by atoms with van der Waals surface area (Å²) in [5.74, 6) is 0. The molecule has 0 aliphatic carbocycles. The molecule has 0 unspecified atom stereocenters. The minimum absolute atomic E-state index is 0.196. The summed E-state index contributed by atoms with van der Waals surface area (Å²) in [5.41, 5.74) is 1.79. The van der Waals surface area contributed by atoms with Gasteiger partial charge in [0.2, 0.25) is 0 Å². The van der Waals surface area contributed by atoms with Crippen LogP contribution in [0.3, 0.4) is 0 Å². The van der Waals surface area contributed by atoms with Gasteiger partial charge in [0.1, 0.15) is 12.5 Å². The van der Waals surface area contributed by atoms with Crippen molar-refractivity contribution in [1.29, 1.82) is 0 Å². The van der Waals surface area contributed by atoms with E-state index in [2.05, 4.69) is 12.5 Å². The number of para-hydroxylation sites is 1. The molecule has 24 heavy (non-hydrogen) atoms. The number of fused-ring (bicyclic) bond motifs is 1. The predicted octanol–water partition coefficient (Wildman–Crippen LogP) is 4.15. The predicted molar refractivity (Wildman–Crippen MR) is 105 cm³/mol. The Morgan fingerprint density at radius 1 is 1.00 bits per heavy atom. The zero-order valence-electron chi connectivity index (χ0n) is 14.1. The number of nitrogens with zero attached hydrogens (tertiary/aromatic N) is 1. The first-order valence-electron chi connectivity index (χ1n) is 7.45. The van der Waals surface area contributed by atoms with Crippen LogP contribution in [0, 0.1) is 6.92 Å². The number of hydrogen-bond donors (Lipinski definition) is 0. The normalized spacial score (nSPS) is 12.2. The first-order valence-corrected chi connectivity index (χ1v) is 12.2. The van der Waals surface area contributed by atoms with Crippen molar-refractivity contribution < 1.29 is 8.42 Å². The highest BCUT2D eigenvalue weighted by Crippen LogP contribution is 2.38. The van der Waals surface area contributed by atoms with E-state index < -0.39 is 10.0 Å². The number of thioether (sulfide) groups is 1. The summed E-state index contributed by atoms with van der Waals surface area (Å²) in [6.45, 7) is 1.95. The summed E-state index contributed by atoms with van der Waals surface area (Å²) >= 11 is 1.61. The van der Waals surface area contributed by atoms with Crippen molar-refractivity contribution in [3.63, 3.8) is 0 Å². The van der Waals surface area contributed by atoms with E-state index in [1.54, 1.807) is 27.9 Å². The molecule has 1 aromatic heterocycles. The Morgan fingerprint density at radius 2 is 1.62 bits per heavy atom. The fraction of sp³-hybridized carbons (Fsp3) is 0.222. The van der Waals surface area contributed by atoms with Crippen LogP contribution in [0.1, 0.15) is 5.56 Å². The Bertz CT molecular complexity index is 987. The van der Waals surface area contributed by atoms with E-state index in [1.807, 2.05) is 49.6 Å². The lowest BCUT2D eigenvalue weighted by Crippen LogP contribution is -2.18. The molecule has 0 bridgehead atoms. The Morgan fingerprint density at radius 3 is 2.21 bits per heavy atom. The van der Waals surface area contributed by atoms with Gasteiger partial charge in [0.05, 0.1) is 15.3 Å². The van der Waals surface area contributed by atoms with Crippen molar-refractivity contribution in [2.45, 2.75) is 21.7 Å². The van der Waals surface area contributed by atoms with Crippen molar-refractivity contribution in [2.75, 3.05) is 18.8 Å². The molecule has 1 heterocycles. The second-order valence-corrected chi connectivity index (χ2v) is 10.4. The van der Waals surface area contributed by atoms with Crippen molar-refractivity contribution in [3.05, 3.63) is 54.1 Å². The summed E-state index contributed by atoms with van der Waals surface area (Å²) in [4.78, 5) is 1.38. The van der Waals surface area contributed by atoms with E-state index in [9.17, 15) is 8.42 Å². The largest absolute Gasteiger partial charge is 0.272 e. The summed E-state index contributed by atoms with van der Waals surface area (Å²) in [6.07, 6.45) is 6.13. The van der Waals surface area contributed by atoms with Crippen molar-refractivity contribution in [3.8, 4) is 0 Å². The minimum atomic E-state index is -3.64. The molecule has 6 heteroatoms. The number of rotatable bonds is 4. The molecule has 0 atom stereocenters. The minimum Gasteiger partial charge on any atom is -0.201 e. The Hall–Kier alpha value is -1.37. The van der Waals surface area contributed by atoms with Gasteiger partial charge in [-0.25, -0.2) is 8.42 Å². The van der Waals surface area contributed by atoms with Crippen molar-refractivity contribution in [1.82, 2.24) is 3.97 Å². The van der Waals surface area contributed by atoms with Crippen LogP contribution < -0.4 is 0 Å². The molecule has 3 rings (SSSR count). The Labute approximate surface area is 150 Å². The first kappa shape index (κ1) is 17.5. The van der Waals surface area contributed by atoms with Gasteiger partial charge in [-0.15, -0.1) is 11.8 Å². The fourth-order valence-corrected chi connectivity index (χ4v) is 7.30. The van der Waals surface area contributed by atoms with E-state index in [4.69, 9.17) is 0 Å². The third-order valence-electron chi connectivity index (χ3n) is 3.90. The number of aryl methyl sites for hydroxylation is 1. The van der Waals surface area contributed by atoms with Crippen molar-refractivity contribution >= 4 is 43.6 Å². The SMILES string of the molecule is CSc1c([S+](C)C)n(S(=O)(=O)c2ccc(C)cc2)c2ccccc12. The summed E-state index contributed by atoms with van der Waals surface area (Å²) < 4.78 is 28.3. The molecule has 0 radical (unpaired) electrons. The maximum Gasteiger partial charge on any atom is 0.272 e. The third-order valence-corrected chi connectivity index (χ3v) is 7.85.